The first-order valence-electron chi connectivity index (χ1n) is 6.51. The average molecular weight is 338 g/mol. The van der Waals surface area contributed by atoms with Gasteiger partial charge in [-0.15, -0.1) is 0 Å². The van der Waals surface area contributed by atoms with Crippen molar-refractivity contribution in [3.63, 3.8) is 0 Å². The fourth-order valence-electron chi connectivity index (χ4n) is 2.20. The quantitative estimate of drug-likeness (QED) is 0.852. The molecule has 2 N–H and O–H groups in total. The Morgan fingerprint density at radius 2 is 1.80 bits per heavy atom. The Bertz CT molecular complexity index is 567. The molecule has 0 saturated heterocycles. The zero-order valence-corrected chi connectivity index (χ0v) is 12.8. The van der Waals surface area contributed by atoms with Crippen molar-refractivity contribution >= 4 is 21.6 Å². The van der Waals surface area contributed by atoms with Gasteiger partial charge in [0.25, 0.3) is 0 Å². The molecule has 20 heavy (non-hydrogen) atoms. The van der Waals surface area contributed by atoms with E-state index in [4.69, 9.17) is 0 Å². The van der Waals surface area contributed by atoms with Crippen LogP contribution in [-0.4, -0.2) is 11.7 Å². The minimum atomic E-state index is -0.692. The molecule has 0 fully saturated rings. The van der Waals surface area contributed by atoms with Crippen molar-refractivity contribution in [1.29, 1.82) is 0 Å². The summed E-state index contributed by atoms with van der Waals surface area (Å²) in [4.78, 5) is 0. The maximum atomic E-state index is 13.8. The molecule has 2 rings (SSSR count). The lowest BCUT2D eigenvalue weighted by Gasteiger charge is -2.34. The van der Waals surface area contributed by atoms with E-state index in [9.17, 15) is 9.50 Å². The Balaban J connectivity index is 2.39. The van der Waals surface area contributed by atoms with Gasteiger partial charge >= 0.3 is 0 Å². The first kappa shape index (κ1) is 15.0. The van der Waals surface area contributed by atoms with Crippen molar-refractivity contribution in [2.75, 3.05) is 11.9 Å². The molecule has 0 radical (unpaired) electrons. The Hall–Kier alpha value is -1.39. The zero-order valence-electron chi connectivity index (χ0n) is 11.2. The monoisotopic (exact) mass is 337 g/mol. The van der Waals surface area contributed by atoms with Gasteiger partial charge in [-0.1, -0.05) is 47.1 Å². The Morgan fingerprint density at radius 3 is 2.35 bits per heavy atom. The largest absolute Gasteiger partial charge is 0.394 e. The average Bonchev–Trinajstić information content (AvgIpc) is 2.48. The Morgan fingerprint density at radius 1 is 1.15 bits per heavy atom. The van der Waals surface area contributed by atoms with E-state index in [1.807, 2.05) is 31.2 Å². The van der Waals surface area contributed by atoms with Crippen molar-refractivity contribution < 1.29 is 9.50 Å². The van der Waals surface area contributed by atoms with E-state index in [1.54, 1.807) is 18.2 Å². The van der Waals surface area contributed by atoms with Crippen LogP contribution in [0.4, 0.5) is 10.1 Å². The lowest BCUT2D eigenvalue weighted by atomic mass is 9.87. The van der Waals surface area contributed by atoms with E-state index < -0.39 is 5.54 Å². The van der Waals surface area contributed by atoms with Crippen LogP contribution in [0.15, 0.2) is 53.0 Å². The van der Waals surface area contributed by atoms with Crippen LogP contribution >= 0.6 is 15.9 Å². The van der Waals surface area contributed by atoms with E-state index in [1.165, 1.54) is 6.07 Å². The molecule has 0 aliphatic carbocycles. The lowest BCUT2D eigenvalue weighted by Crippen LogP contribution is -2.38. The van der Waals surface area contributed by atoms with Crippen molar-refractivity contribution in [1.82, 2.24) is 0 Å². The highest BCUT2D eigenvalue weighted by Crippen LogP contribution is 2.31. The van der Waals surface area contributed by atoms with Crippen molar-refractivity contribution in [3.8, 4) is 0 Å². The first-order chi connectivity index (χ1) is 9.61. The van der Waals surface area contributed by atoms with Gasteiger partial charge in [0.15, 0.2) is 0 Å². The number of halogens is 2. The van der Waals surface area contributed by atoms with E-state index >= 15 is 0 Å². The molecular weight excluding hydrogens is 321 g/mol. The van der Waals surface area contributed by atoms with Crippen molar-refractivity contribution in [2.45, 2.75) is 18.9 Å². The Kier molecular flexibility index (Phi) is 4.78. The molecule has 2 aromatic rings. The Labute approximate surface area is 126 Å². The topological polar surface area (TPSA) is 32.3 Å². The number of nitrogens with one attached hydrogen (secondary N) is 1. The predicted molar refractivity (Wildman–Crippen MR) is 83.2 cm³/mol. The second-order valence-electron chi connectivity index (χ2n) is 4.71. The van der Waals surface area contributed by atoms with E-state index in [2.05, 4.69) is 21.2 Å². The molecule has 4 heteroatoms. The van der Waals surface area contributed by atoms with Crippen molar-refractivity contribution in [3.05, 3.63) is 64.4 Å². The molecule has 1 atom stereocenters. The van der Waals surface area contributed by atoms with Gasteiger partial charge in [0.2, 0.25) is 0 Å². The molecule has 0 aliphatic heterocycles. The van der Waals surface area contributed by atoms with E-state index in [0.29, 0.717) is 12.1 Å². The molecule has 0 heterocycles. The number of hydrogen-bond donors (Lipinski definition) is 2. The van der Waals surface area contributed by atoms with Gasteiger partial charge in [-0.2, -0.15) is 0 Å². The number of aliphatic hydroxyl groups is 1. The summed E-state index contributed by atoms with van der Waals surface area (Å²) in [5, 5.41) is 13.0. The van der Waals surface area contributed by atoms with E-state index in [-0.39, 0.29) is 12.4 Å². The summed E-state index contributed by atoms with van der Waals surface area (Å²) in [6.07, 6.45) is 0.638. The highest BCUT2D eigenvalue weighted by molar-refractivity contribution is 9.10. The summed E-state index contributed by atoms with van der Waals surface area (Å²) in [5.41, 5.74) is 0.628. The molecule has 0 bridgehead atoms. The van der Waals surface area contributed by atoms with Crippen LogP contribution in [0, 0.1) is 5.82 Å². The molecule has 0 spiro atoms. The van der Waals surface area contributed by atoms with Gasteiger partial charge in [0.1, 0.15) is 5.82 Å². The number of anilines is 1. The standard InChI is InChI=1S/C16H17BrFNO/c1-2-16(11-20,12-7-9-13(17)10-8-12)19-15-6-4-3-5-14(15)18/h3-10,19-20H,2,11H2,1H3. The predicted octanol–water partition coefficient (Wildman–Crippen LogP) is 4.30. The maximum absolute atomic E-state index is 13.8. The van der Waals surface area contributed by atoms with Crippen molar-refractivity contribution in [2.24, 2.45) is 0 Å². The van der Waals surface area contributed by atoms with Crippen LogP contribution < -0.4 is 5.32 Å². The first-order valence-corrected chi connectivity index (χ1v) is 7.30. The summed E-state index contributed by atoms with van der Waals surface area (Å²) in [6, 6.07) is 14.2. The molecule has 2 nitrogen and oxygen atoms in total. The molecule has 2 aromatic carbocycles. The molecular formula is C16H17BrFNO. The van der Waals surface area contributed by atoms with Gasteiger partial charge in [-0.25, -0.2) is 4.39 Å². The van der Waals surface area contributed by atoms with Crippen LogP contribution in [0.5, 0.6) is 0 Å². The molecule has 0 aromatic heterocycles. The highest BCUT2D eigenvalue weighted by atomic mass is 79.9. The summed E-state index contributed by atoms with van der Waals surface area (Å²) in [7, 11) is 0. The van der Waals surface area contributed by atoms with Crippen LogP contribution in [-0.2, 0) is 5.54 Å². The van der Waals surface area contributed by atoms with Crippen LogP contribution in [0.25, 0.3) is 0 Å². The number of rotatable bonds is 5. The fourth-order valence-corrected chi connectivity index (χ4v) is 2.46. The number of hydrogen-bond acceptors (Lipinski definition) is 2. The maximum Gasteiger partial charge on any atom is 0.146 e. The minimum absolute atomic E-state index is 0.112. The SMILES string of the molecule is CCC(CO)(Nc1ccccc1F)c1ccc(Br)cc1. The highest BCUT2D eigenvalue weighted by Gasteiger charge is 2.30. The summed E-state index contributed by atoms with van der Waals surface area (Å²) >= 11 is 3.39. The third-order valence-electron chi connectivity index (χ3n) is 3.52. The minimum Gasteiger partial charge on any atom is -0.394 e. The summed E-state index contributed by atoms with van der Waals surface area (Å²) in [6.45, 7) is 1.85. The van der Waals surface area contributed by atoms with Crippen LogP contribution in [0.2, 0.25) is 0 Å². The van der Waals surface area contributed by atoms with Crippen LogP contribution in [0.1, 0.15) is 18.9 Å². The molecule has 106 valence electrons. The number of benzene rings is 2. The summed E-state index contributed by atoms with van der Waals surface area (Å²) in [5.74, 6) is -0.323. The third-order valence-corrected chi connectivity index (χ3v) is 4.05. The molecule has 0 amide bonds. The van der Waals surface area contributed by atoms with Gasteiger partial charge in [0.05, 0.1) is 17.8 Å². The number of para-hydroxylation sites is 1. The fraction of sp³-hybridized carbons (Fsp3) is 0.250. The van der Waals surface area contributed by atoms with Gasteiger partial charge in [-0.05, 0) is 36.2 Å². The van der Waals surface area contributed by atoms with Gasteiger partial charge in [0, 0.05) is 4.47 Å². The molecule has 0 saturated carbocycles. The zero-order chi connectivity index (χ0) is 14.6. The van der Waals surface area contributed by atoms with Gasteiger partial charge < -0.3 is 10.4 Å². The van der Waals surface area contributed by atoms with Gasteiger partial charge in [-0.3, -0.25) is 0 Å². The molecule has 1 unspecified atom stereocenters. The van der Waals surface area contributed by atoms with Crippen LogP contribution in [0.3, 0.4) is 0 Å². The summed E-state index contributed by atoms with van der Waals surface area (Å²) < 4.78 is 14.8. The second kappa shape index (κ2) is 6.37. The third kappa shape index (κ3) is 3.02. The number of aliphatic hydroxyl groups excluding tert-OH is 1. The normalized spacial score (nSPS) is 13.8. The van der Waals surface area contributed by atoms with E-state index in [0.717, 1.165) is 10.0 Å². The smallest absolute Gasteiger partial charge is 0.146 e. The second-order valence-corrected chi connectivity index (χ2v) is 5.62. The lowest BCUT2D eigenvalue weighted by molar-refractivity contribution is 0.207. The molecule has 0 aliphatic rings.